The van der Waals surface area contributed by atoms with Crippen molar-refractivity contribution in [2.24, 2.45) is 5.16 Å². The van der Waals surface area contributed by atoms with Gasteiger partial charge < -0.3 is 30.1 Å². The molecule has 1 aromatic rings. The molecule has 2 amide bonds. The lowest BCUT2D eigenvalue weighted by Crippen LogP contribution is -2.71. The van der Waals surface area contributed by atoms with E-state index < -0.39 is 53.4 Å². The fraction of sp³-hybridized carbons (Fsp3) is 0.391. The molecule has 15 nitrogen and oxygen atoms in total. The van der Waals surface area contributed by atoms with E-state index >= 15 is 0 Å². The normalized spacial score (nSPS) is 19.4. The summed E-state index contributed by atoms with van der Waals surface area (Å²) in [5.41, 5.74) is 5.54. The first kappa shape index (κ1) is 30.3. The lowest BCUT2D eigenvalue weighted by Gasteiger charge is -2.49. The lowest BCUT2D eigenvalue weighted by atomic mass is 10.0. The van der Waals surface area contributed by atoms with Gasteiger partial charge in [-0.1, -0.05) is 11.2 Å². The van der Waals surface area contributed by atoms with E-state index in [1.165, 1.54) is 43.1 Å². The van der Waals surface area contributed by atoms with Gasteiger partial charge in [0.15, 0.2) is 10.8 Å². The van der Waals surface area contributed by atoms with Crippen LogP contribution in [-0.2, 0) is 47.8 Å². The third-order valence-electron chi connectivity index (χ3n) is 5.03. The first-order valence-electron chi connectivity index (χ1n) is 11.5. The fourth-order valence-corrected chi connectivity index (χ4v) is 5.37. The highest BCUT2D eigenvalue weighted by Crippen LogP contribution is 2.41. The van der Waals surface area contributed by atoms with E-state index in [4.69, 9.17) is 19.9 Å². The van der Waals surface area contributed by atoms with E-state index in [9.17, 15) is 28.8 Å². The third-order valence-corrected chi connectivity index (χ3v) is 7.01. The molecule has 3 heterocycles. The molecule has 40 heavy (non-hydrogen) atoms. The number of nitrogens with zero attached hydrogens (tertiary/aromatic N) is 3. The van der Waals surface area contributed by atoms with Crippen molar-refractivity contribution < 1.29 is 47.8 Å². The van der Waals surface area contributed by atoms with Gasteiger partial charge in [0, 0.05) is 38.8 Å². The molecule has 1 saturated heterocycles. The monoisotopic (exact) mass is 595 g/mol. The molecule has 1 fully saturated rings. The number of β-lactam (4-membered cyclic amide) rings is 1. The number of carbonyl (C=O) groups excluding carboxylic acids is 6. The minimum atomic E-state index is -1.24. The number of fused-ring (bicyclic) bond motifs is 1. The molecular formula is C23H25N5O10S2. The van der Waals surface area contributed by atoms with Crippen molar-refractivity contribution in [2.75, 3.05) is 18.1 Å². The van der Waals surface area contributed by atoms with Gasteiger partial charge in [0.05, 0.1) is 0 Å². The van der Waals surface area contributed by atoms with Crippen molar-refractivity contribution >= 4 is 69.6 Å². The summed E-state index contributed by atoms with van der Waals surface area (Å²) in [5, 5.41) is 6.94. The van der Waals surface area contributed by atoms with Gasteiger partial charge in [-0.05, 0) is 11.6 Å². The van der Waals surface area contributed by atoms with Crippen LogP contribution in [0, 0.1) is 0 Å². The van der Waals surface area contributed by atoms with Crippen LogP contribution in [0.5, 0.6) is 0 Å². The predicted octanol–water partition coefficient (Wildman–Crippen LogP) is 0.218. The van der Waals surface area contributed by atoms with E-state index in [-0.39, 0.29) is 34.6 Å². The summed E-state index contributed by atoms with van der Waals surface area (Å²) < 4.78 is 14.9. The summed E-state index contributed by atoms with van der Waals surface area (Å²) in [5.74, 6) is -4.21. The summed E-state index contributed by atoms with van der Waals surface area (Å²) in [6.45, 7) is 4.74. The molecule has 2 aliphatic heterocycles. The smallest absolute Gasteiger partial charge is 0.358 e. The van der Waals surface area contributed by atoms with Gasteiger partial charge in [-0.15, -0.1) is 23.1 Å². The number of nitrogens with two attached hydrogens (primary N) is 1. The number of nitrogens with one attached hydrogen (secondary N) is 1. The number of thiazole rings is 1. The first-order valence-corrected chi connectivity index (χ1v) is 13.5. The van der Waals surface area contributed by atoms with Crippen molar-refractivity contribution in [1.82, 2.24) is 15.2 Å². The van der Waals surface area contributed by atoms with Gasteiger partial charge >= 0.3 is 23.9 Å². The number of allylic oxidation sites excluding steroid dienone is 1. The molecule has 3 atom stereocenters. The molecule has 0 saturated carbocycles. The number of ether oxygens (including phenoxy) is 3. The second kappa shape index (κ2) is 13.2. The zero-order chi connectivity index (χ0) is 29.6. The minimum absolute atomic E-state index is 0.0324. The Hall–Kier alpha value is -4.25. The van der Waals surface area contributed by atoms with Crippen molar-refractivity contribution in [3.8, 4) is 0 Å². The predicted molar refractivity (Wildman–Crippen MR) is 140 cm³/mol. The van der Waals surface area contributed by atoms with Crippen molar-refractivity contribution in [3.63, 3.8) is 0 Å². The summed E-state index contributed by atoms with van der Waals surface area (Å²) in [6.07, 6.45) is 1.75. The second-order valence-corrected chi connectivity index (χ2v) is 10.1. The largest absolute Gasteiger partial charge is 0.462 e. The van der Waals surface area contributed by atoms with Crippen LogP contribution in [0.3, 0.4) is 0 Å². The van der Waals surface area contributed by atoms with Gasteiger partial charge in [0.1, 0.15) is 29.4 Å². The Labute approximate surface area is 235 Å². The number of oxime groups is 1. The van der Waals surface area contributed by atoms with Gasteiger partial charge in [0.25, 0.3) is 11.8 Å². The average molecular weight is 596 g/mol. The molecule has 214 valence electrons. The Morgan fingerprint density at radius 2 is 1.93 bits per heavy atom. The molecule has 1 aromatic heterocycles. The number of thioether (sulfide) groups is 1. The number of aromatic nitrogens is 1. The van der Waals surface area contributed by atoms with Gasteiger partial charge in [-0.25, -0.2) is 14.6 Å². The van der Waals surface area contributed by atoms with Crippen LogP contribution < -0.4 is 11.1 Å². The molecule has 0 bridgehead atoms. The minimum Gasteiger partial charge on any atom is -0.462 e. The maximum absolute atomic E-state index is 13.2. The van der Waals surface area contributed by atoms with E-state index in [1.54, 1.807) is 0 Å². The maximum Gasteiger partial charge on any atom is 0.358 e. The van der Waals surface area contributed by atoms with E-state index in [2.05, 4.69) is 20.3 Å². The number of nitrogen functional groups attached to an aromatic ring is 1. The Morgan fingerprint density at radius 1 is 1.20 bits per heavy atom. The van der Waals surface area contributed by atoms with E-state index in [0.29, 0.717) is 5.57 Å². The Morgan fingerprint density at radius 3 is 2.52 bits per heavy atom. The van der Waals surface area contributed by atoms with Crippen molar-refractivity contribution in [3.05, 3.63) is 34.5 Å². The van der Waals surface area contributed by atoms with E-state index in [1.807, 2.05) is 0 Å². The van der Waals surface area contributed by atoms with Crippen LogP contribution in [0.1, 0.15) is 33.4 Å². The molecule has 0 spiro atoms. The zero-order valence-electron chi connectivity index (χ0n) is 21.7. The molecule has 3 rings (SSSR count). The quantitative estimate of drug-likeness (QED) is 0.0928. The van der Waals surface area contributed by atoms with Crippen LogP contribution >= 0.6 is 23.1 Å². The van der Waals surface area contributed by atoms with Crippen LogP contribution in [0.25, 0.3) is 0 Å². The van der Waals surface area contributed by atoms with Crippen LogP contribution in [0.4, 0.5) is 5.13 Å². The summed E-state index contributed by atoms with van der Waals surface area (Å²) in [6, 6.07) is -1.09. The lowest BCUT2D eigenvalue weighted by molar-refractivity contribution is -0.182. The fourth-order valence-electron chi connectivity index (χ4n) is 3.50. The molecule has 17 heteroatoms. The number of amides is 2. The standard InChI is InChI=1S/C23H25N5O10S2/c1-10(29)35-7-5-6-14-8-39-21-17(20(33)28(21)18(14)22(34)37-13(4)36-11(2)30)26-19(32)16(27-38-12(3)31)15-9-40-23(24)25-15/h5-6,9,13,17,21H,7-8H2,1-4H3,(H2,24,25)(H,26,32)/t13?,17?,21-/m0/s1. The van der Waals surface area contributed by atoms with E-state index in [0.717, 1.165) is 30.1 Å². The highest BCUT2D eigenvalue weighted by Gasteiger charge is 2.54. The molecule has 0 aliphatic carbocycles. The number of rotatable bonds is 10. The average Bonchev–Trinajstić information content (AvgIpc) is 3.29. The molecular weight excluding hydrogens is 570 g/mol. The van der Waals surface area contributed by atoms with Crippen molar-refractivity contribution in [1.29, 1.82) is 0 Å². The number of hydrogen-bond acceptors (Lipinski definition) is 15. The van der Waals surface area contributed by atoms with Crippen LogP contribution in [-0.4, -0.2) is 81.4 Å². The number of esters is 3. The Bertz CT molecular complexity index is 1320. The number of anilines is 1. The van der Waals surface area contributed by atoms with Crippen LogP contribution in [0.2, 0.25) is 0 Å². The second-order valence-electron chi connectivity index (χ2n) is 8.12. The summed E-state index contributed by atoms with van der Waals surface area (Å²) >= 11 is 2.27. The highest BCUT2D eigenvalue weighted by atomic mass is 32.2. The van der Waals surface area contributed by atoms with Crippen molar-refractivity contribution in [2.45, 2.75) is 45.4 Å². The maximum atomic E-state index is 13.2. The molecule has 2 unspecified atom stereocenters. The molecule has 3 N–H and O–H groups in total. The van der Waals surface area contributed by atoms with Crippen LogP contribution in [0.15, 0.2) is 34.0 Å². The first-order chi connectivity index (χ1) is 18.9. The van der Waals surface area contributed by atoms with Gasteiger partial charge in [-0.2, -0.15) is 0 Å². The van der Waals surface area contributed by atoms with Gasteiger partial charge in [0.2, 0.25) is 6.29 Å². The highest BCUT2D eigenvalue weighted by molar-refractivity contribution is 8.00. The summed E-state index contributed by atoms with van der Waals surface area (Å²) in [4.78, 5) is 82.6. The number of carbonyl (C=O) groups is 6. The third kappa shape index (κ3) is 7.44. The summed E-state index contributed by atoms with van der Waals surface area (Å²) in [7, 11) is 0. The SMILES string of the molecule is CC(=O)OCC=CC1=C(C(=O)OC(C)OC(C)=O)N2C(=O)C(NC(=O)C(=NOC(C)=O)c3csc(N)n3)[C@@H]2SC1. The molecule has 2 aliphatic rings. The topological polar surface area (TPSA) is 206 Å². The molecule has 0 aromatic carbocycles. The number of hydrogen-bond donors (Lipinski definition) is 2. The zero-order valence-corrected chi connectivity index (χ0v) is 23.3. The molecule has 0 radical (unpaired) electrons. The Kier molecular flexibility index (Phi) is 10.0. The Balaban J connectivity index is 1.84. The van der Waals surface area contributed by atoms with Gasteiger partial charge in [-0.3, -0.25) is 24.1 Å².